The van der Waals surface area contributed by atoms with Crippen molar-refractivity contribution in [1.29, 1.82) is 0 Å². The molecule has 1 fully saturated rings. The molecule has 2 rings (SSSR count). The molecule has 1 aliphatic carbocycles. The molecule has 0 spiro atoms. The van der Waals surface area contributed by atoms with Crippen molar-refractivity contribution < 1.29 is 18.7 Å². The van der Waals surface area contributed by atoms with Crippen LogP contribution in [0.1, 0.15) is 75.7 Å². The first-order chi connectivity index (χ1) is 11.3. The van der Waals surface area contributed by atoms with Crippen LogP contribution in [-0.2, 0) is 16.1 Å². The fourth-order valence-corrected chi connectivity index (χ4v) is 3.10. The minimum absolute atomic E-state index is 0.0717. The molecule has 0 aromatic carbocycles. The second-order valence-electron chi connectivity index (χ2n) is 7.67. The van der Waals surface area contributed by atoms with Crippen LogP contribution in [0, 0.1) is 5.41 Å². The number of amides is 1. The number of aromatic nitrogens is 1. The van der Waals surface area contributed by atoms with E-state index in [-0.39, 0.29) is 23.1 Å². The molecule has 6 nitrogen and oxygen atoms in total. The van der Waals surface area contributed by atoms with Gasteiger partial charge >= 0.3 is 5.97 Å². The zero-order valence-corrected chi connectivity index (χ0v) is 15.1. The number of carbonyl (C=O) groups excluding carboxylic acids is 2. The van der Waals surface area contributed by atoms with E-state index in [1.165, 1.54) is 19.8 Å². The van der Waals surface area contributed by atoms with Gasteiger partial charge in [-0.1, -0.05) is 40.0 Å². The van der Waals surface area contributed by atoms with Gasteiger partial charge in [-0.2, -0.15) is 0 Å². The SMILES string of the molecule is COC(=O)c1coc(CN(C(=O)CC(C)(C)C)C2CCCCC2)n1. The Balaban J connectivity index is 2.14. The molecule has 0 unspecified atom stereocenters. The highest BCUT2D eigenvalue weighted by Crippen LogP contribution is 2.27. The molecule has 1 aromatic rings. The topological polar surface area (TPSA) is 72.6 Å². The van der Waals surface area contributed by atoms with E-state index in [0.29, 0.717) is 18.9 Å². The van der Waals surface area contributed by atoms with Crippen molar-refractivity contribution in [3.05, 3.63) is 17.8 Å². The third kappa shape index (κ3) is 5.08. The smallest absolute Gasteiger partial charge is 0.360 e. The Morgan fingerprint density at radius 1 is 1.29 bits per heavy atom. The van der Waals surface area contributed by atoms with Gasteiger partial charge in [0.05, 0.1) is 13.7 Å². The Morgan fingerprint density at radius 2 is 1.96 bits per heavy atom. The maximum atomic E-state index is 12.8. The first-order valence-corrected chi connectivity index (χ1v) is 8.62. The number of hydrogen-bond acceptors (Lipinski definition) is 5. The van der Waals surface area contributed by atoms with Crippen LogP contribution in [-0.4, -0.2) is 34.9 Å². The van der Waals surface area contributed by atoms with Crippen molar-refractivity contribution in [3.8, 4) is 0 Å². The molecule has 0 N–H and O–H groups in total. The molecule has 1 saturated carbocycles. The summed E-state index contributed by atoms with van der Waals surface area (Å²) < 4.78 is 10.0. The van der Waals surface area contributed by atoms with E-state index in [1.807, 2.05) is 4.90 Å². The standard InChI is InChI=1S/C18H28N2O4/c1-18(2,3)10-16(21)20(13-8-6-5-7-9-13)11-15-19-14(12-24-15)17(22)23-4/h12-13H,5-11H2,1-4H3. The summed E-state index contributed by atoms with van der Waals surface area (Å²) in [4.78, 5) is 30.4. The summed E-state index contributed by atoms with van der Waals surface area (Å²) in [5, 5.41) is 0. The zero-order chi connectivity index (χ0) is 17.7. The lowest BCUT2D eigenvalue weighted by Gasteiger charge is -2.35. The molecule has 0 radical (unpaired) electrons. The first kappa shape index (κ1) is 18.5. The van der Waals surface area contributed by atoms with E-state index in [2.05, 4.69) is 30.5 Å². The van der Waals surface area contributed by atoms with Crippen LogP contribution in [0.5, 0.6) is 0 Å². The van der Waals surface area contributed by atoms with Crippen LogP contribution in [0.15, 0.2) is 10.7 Å². The molecule has 6 heteroatoms. The second-order valence-corrected chi connectivity index (χ2v) is 7.67. The average molecular weight is 336 g/mol. The molecule has 24 heavy (non-hydrogen) atoms. The molecule has 0 bridgehead atoms. The fraction of sp³-hybridized carbons (Fsp3) is 0.722. The third-order valence-electron chi connectivity index (χ3n) is 4.27. The number of rotatable bonds is 5. The Morgan fingerprint density at radius 3 is 2.54 bits per heavy atom. The Kier molecular flexibility index (Phi) is 6.02. The van der Waals surface area contributed by atoms with E-state index in [4.69, 9.17) is 4.42 Å². The van der Waals surface area contributed by atoms with Crippen LogP contribution in [0.2, 0.25) is 0 Å². The van der Waals surface area contributed by atoms with Crippen molar-refractivity contribution in [3.63, 3.8) is 0 Å². The zero-order valence-electron chi connectivity index (χ0n) is 15.1. The minimum Gasteiger partial charge on any atom is -0.464 e. The van der Waals surface area contributed by atoms with E-state index in [9.17, 15) is 9.59 Å². The molecular weight excluding hydrogens is 308 g/mol. The molecule has 134 valence electrons. The van der Waals surface area contributed by atoms with Crippen molar-refractivity contribution >= 4 is 11.9 Å². The third-order valence-corrected chi connectivity index (χ3v) is 4.27. The van der Waals surface area contributed by atoms with Crippen LogP contribution in [0.3, 0.4) is 0 Å². The van der Waals surface area contributed by atoms with Gasteiger partial charge in [-0.25, -0.2) is 9.78 Å². The highest BCUT2D eigenvalue weighted by atomic mass is 16.5. The summed E-state index contributed by atoms with van der Waals surface area (Å²) in [5.74, 6) is -0.0364. The predicted molar refractivity (Wildman–Crippen MR) is 89.3 cm³/mol. The number of methoxy groups -OCH3 is 1. The summed E-state index contributed by atoms with van der Waals surface area (Å²) in [6.07, 6.45) is 7.30. The maximum absolute atomic E-state index is 12.8. The monoisotopic (exact) mass is 336 g/mol. The number of nitrogens with zero attached hydrogens (tertiary/aromatic N) is 2. The minimum atomic E-state index is -0.532. The van der Waals surface area contributed by atoms with Crippen LogP contribution >= 0.6 is 0 Å². The fourth-order valence-electron chi connectivity index (χ4n) is 3.10. The van der Waals surface area contributed by atoms with Crippen molar-refractivity contribution in [2.75, 3.05) is 7.11 Å². The number of ether oxygens (including phenoxy) is 1. The molecule has 0 aliphatic heterocycles. The Bertz CT molecular complexity index is 568. The van der Waals surface area contributed by atoms with Gasteiger partial charge in [-0.3, -0.25) is 4.79 Å². The van der Waals surface area contributed by atoms with E-state index < -0.39 is 5.97 Å². The lowest BCUT2D eigenvalue weighted by atomic mass is 9.89. The van der Waals surface area contributed by atoms with Gasteiger partial charge in [0, 0.05) is 12.5 Å². The molecule has 1 amide bonds. The van der Waals surface area contributed by atoms with Crippen molar-refractivity contribution in [1.82, 2.24) is 9.88 Å². The van der Waals surface area contributed by atoms with Gasteiger partial charge in [0.15, 0.2) is 5.69 Å². The van der Waals surface area contributed by atoms with Gasteiger partial charge in [-0.05, 0) is 18.3 Å². The second kappa shape index (κ2) is 7.81. The molecule has 1 aromatic heterocycles. The molecule has 0 atom stereocenters. The Labute approximate surface area is 143 Å². The van der Waals surface area contributed by atoms with Crippen molar-refractivity contribution in [2.24, 2.45) is 5.41 Å². The summed E-state index contributed by atoms with van der Waals surface area (Å²) in [5.41, 5.74) is 0.0666. The summed E-state index contributed by atoms with van der Waals surface area (Å²) in [6.45, 7) is 6.48. The lowest BCUT2D eigenvalue weighted by molar-refractivity contribution is -0.137. The van der Waals surface area contributed by atoms with Gasteiger partial charge in [0.1, 0.15) is 6.26 Å². The van der Waals surface area contributed by atoms with Crippen molar-refractivity contribution in [2.45, 2.75) is 71.9 Å². The molecular formula is C18H28N2O4. The predicted octanol–water partition coefficient (Wildman–Crippen LogP) is 3.56. The van der Waals surface area contributed by atoms with E-state index in [0.717, 1.165) is 25.7 Å². The Hall–Kier alpha value is -1.85. The van der Waals surface area contributed by atoms with Crippen LogP contribution < -0.4 is 0 Å². The molecule has 0 saturated heterocycles. The molecule has 1 aliphatic rings. The quantitative estimate of drug-likeness (QED) is 0.769. The highest BCUT2D eigenvalue weighted by molar-refractivity contribution is 5.86. The molecule has 1 heterocycles. The van der Waals surface area contributed by atoms with Gasteiger partial charge < -0.3 is 14.1 Å². The van der Waals surface area contributed by atoms with E-state index >= 15 is 0 Å². The number of esters is 1. The van der Waals surface area contributed by atoms with Gasteiger partial charge in [0.25, 0.3) is 0 Å². The van der Waals surface area contributed by atoms with Crippen LogP contribution in [0.4, 0.5) is 0 Å². The lowest BCUT2D eigenvalue weighted by Crippen LogP contribution is -2.42. The first-order valence-electron chi connectivity index (χ1n) is 8.62. The average Bonchev–Trinajstić information content (AvgIpc) is 2.99. The van der Waals surface area contributed by atoms with Crippen LogP contribution in [0.25, 0.3) is 0 Å². The summed E-state index contributed by atoms with van der Waals surface area (Å²) in [7, 11) is 1.30. The highest BCUT2D eigenvalue weighted by Gasteiger charge is 2.29. The number of oxazole rings is 1. The van der Waals surface area contributed by atoms with Gasteiger partial charge in [-0.15, -0.1) is 0 Å². The van der Waals surface area contributed by atoms with E-state index in [1.54, 1.807) is 0 Å². The largest absolute Gasteiger partial charge is 0.464 e. The number of hydrogen-bond donors (Lipinski definition) is 0. The summed E-state index contributed by atoms with van der Waals surface area (Å²) >= 11 is 0. The number of carbonyl (C=O) groups is 2. The normalized spacial score (nSPS) is 16.0. The maximum Gasteiger partial charge on any atom is 0.360 e. The van der Waals surface area contributed by atoms with Gasteiger partial charge in [0.2, 0.25) is 11.8 Å². The summed E-state index contributed by atoms with van der Waals surface area (Å²) in [6, 6.07) is 0.224.